The van der Waals surface area contributed by atoms with Crippen LogP contribution in [-0.4, -0.2) is 24.8 Å². The first-order valence-corrected chi connectivity index (χ1v) is 7.23. The largest absolute Gasteiger partial charge is 0.459 e. The van der Waals surface area contributed by atoms with Gasteiger partial charge in [-0.25, -0.2) is 0 Å². The van der Waals surface area contributed by atoms with Crippen molar-refractivity contribution in [1.82, 2.24) is 0 Å². The molecule has 0 N–H and O–H groups in total. The Balaban J connectivity index is 0.00000220. The Labute approximate surface area is 141 Å². The Morgan fingerprint density at radius 1 is 1.43 bits per heavy atom. The van der Waals surface area contributed by atoms with Crippen molar-refractivity contribution in [3.63, 3.8) is 0 Å². The minimum atomic E-state index is -0.338. The zero-order valence-corrected chi connectivity index (χ0v) is 15.9. The molecular weight excluding hydrogens is 436 g/mol. The first kappa shape index (κ1) is 18.4. The first-order valence-electron chi connectivity index (χ1n) is 7.23. The molecule has 0 unspecified atom stereocenters. The van der Waals surface area contributed by atoms with Gasteiger partial charge in [0.25, 0.3) is 0 Å². The summed E-state index contributed by atoms with van der Waals surface area (Å²) in [7, 11) is 1.74. The van der Waals surface area contributed by atoms with Gasteiger partial charge >= 0.3 is 5.97 Å². The molecule has 0 spiro atoms. The smallest absolute Gasteiger partial charge is 0.308 e. The molecule has 0 aromatic heterocycles. The summed E-state index contributed by atoms with van der Waals surface area (Å²) < 4.78 is 11.1. The van der Waals surface area contributed by atoms with Gasteiger partial charge in [-0.1, -0.05) is 6.92 Å². The summed E-state index contributed by atoms with van der Waals surface area (Å²) in [6.07, 6.45) is 4.26. The first-order chi connectivity index (χ1) is 9.52. The molecule has 2 rings (SSSR count). The van der Waals surface area contributed by atoms with Gasteiger partial charge in [-0.05, 0) is 32.6 Å². The molecule has 4 heteroatoms. The van der Waals surface area contributed by atoms with Gasteiger partial charge in [0.05, 0.1) is 6.10 Å². The minimum absolute atomic E-state index is 0. The van der Waals surface area contributed by atoms with E-state index in [0.717, 1.165) is 36.8 Å². The second kappa shape index (κ2) is 8.10. The van der Waals surface area contributed by atoms with E-state index in [-0.39, 0.29) is 32.6 Å². The third kappa shape index (κ3) is 5.23. The normalized spacial score (nSPS) is 25.0. The SMILES string of the molecule is COC1CCC(C)(OC(=O)Cc2[c-]cccc2C)CC1.[W]. The van der Waals surface area contributed by atoms with Gasteiger partial charge in [0.1, 0.15) is 5.60 Å². The Kier molecular flexibility index (Phi) is 7.09. The van der Waals surface area contributed by atoms with Crippen LogP contribution in [0.25, 0.3) is 0 Å². The van der Waals surface area contributed by atoms with Crippen LogP contribution in [0.2, 0.25) is 0 Å². The fourth-order valence-electron chi connectivity index (χ4n) is 2.74. The molecule has 1 saturated carbocycles. The van der Waals surface area contributed by atoms with E-state index in [1.807, 2.05) is 32.0 Å². The van der Waals surface area contributed by atoms with E-state index >= 15 is 0 Å². The zero-order chi connectivity index (χ0) is 14.6. The fraction of sp³-hybridized carbons (Fsp3) is 0.588. The summed E-state index contributed by atoms with van der Waals surface area (Å²) in [5, 5.41) is 0. The van der Waals surface area contributed by atoms with Crippen molar-refractivity contribution in [3.05, 3.63) is 35.4 Å². The molecular formula is C17H23O3W-. The van der Waals surface area contributed by atoms with E-state index in [0.29, 0.717) is 12.5 Å². The Morgan fingerprint density at radius 2 is 2.10 bits per heavy atom. The van der Waals surface area contributed by atoms with Crippen molar-refractivity contribution in [2.75, 3.05) is 7.11 Å². The van der Waals surface area contributed by atoms with Crippen LogP contribution in [0.1, 0.15) is 43.7 Å². The van der Waals surface area contributed by atoms with Crippen LogP contribution >= 0.6 is 0 Å². The number of rotatable bonds is 4. The molecule has 1 fully saturated rings. The number of carbonyl (C=O) groups excluding carboxylic acids is 1. The Hall–Kier alpha value is -0.662. The monoisotopic (exact) mass is 459 g/mol. The second-order valence-corrected chi connectivity index (χ2v) is 5.87. The van der Waals surface area contributed by atoms with Crippen molar-refractivity contribution in [2.24, 2.45) is 0 Å². The molecule has 0 amide bonds. The van der Waals surface area contributed by atoms with Crippen LogP contribution < -0.4 is 0 Å². The predicted molar refractivity (Wildman–Crippen MR) is 77.5 cm³/mol. The molecule has 21 heavy (non-hydrogen) atoms. The summed E-state index contributed by atoms with van der Waals surface area (Å²) in [5.41, 5.74) is 1.67. The maximum atomic E-state index is 12.1. The van der Waals surface area contributed by atoms with E-state index in [1.54, 1.807) is 7.11 Å². The summed E-state index contributed by atoms with van der Waals surface area (Å²) in [6.45, 7) is 4.02. The molecule has 0 saturated heterocycles. The molecule has 1 aliphatic rings. The Bertz CT molecular complexity index is 465. The zero-order valence-electron chi connectivity index (χ0n) is 13.0. The van der Waals surface area contributed by atoms with Crippen molar-refractivity contribution >= 4 is 5.97 Å². The van der Waals surface area contributed by atoms with Crippen LogP contribution in [0.3, 0.4) is 0 Å². The van der Waals surface area contributed by atoms with E-state index in [1.165, 1.54) is 0 Å². The van der Waals surface area contributed by atoms with Crippen molar-refractivity contribution in [2.45, 2.75) is 57.7 Å². The molecule has 0 aliphatic heterocycles. The third-order valence-corrected chi connectivity index (χ3v) is 4.18. The number of hydrogen-bond acceptors (Lipinski definition) is 3. The number of esters is 1. The number of aryl methyl sites for hydroxylation is 1. The molecule has 0 atom stereocenters. The minimum Gasteiger partial charge on any atom is -0.459 e. The van der Waals surface area contributed by atoms with Crippen LogP contribution in [0, 0.1) is 13.0 Å². The molecule has 1 aromatic rings. The van der Waals surface area contributed by atoms with Gasteiger partial charge in [0.15, 0.2) is 0 Å². The van der Waals surface area contributed by atoms with Crippen LogP contribution in [0.5, 0.6) is 0 Å². The van der Waals surface area contributed by atoms with Crippen LogP contribution in [0.4, 0.5) is 0 Å². The van der Waals surface area contributed by atoms with E-state index < -0.39 is 0 Å². The molecule has 1 aromatic carbocycles. The summed E-state index contributed by atoms with van der Waals surface area (Å²) >= 11 is 0. The van der Waals surface area contributed by atoms with Gasteiger partial charge in [-0.15, -0.1) is 5.56 Å². The summed E-state index contributed by atoms with van der Waals surface area (Å²) in [5.74, 6) is -0.158. The molecule has 116 valence electrons. The number of benzene rings is 1. The van der Waals surface area contributed by atoms with E-state index in [2.05, 4.69) is 6.07 Å². The van der Waals surface area contributed by atoms with Gasteiger partial charge in [0.2, 0.25) is 0 Å². The summed E-state index contributed by atoms with van der Waals surface area (Å²) in [4.78, 5) is 12.1. The van der Waals surface area contributed by atoms with E-state index in [9.17, 15) is 4.79 Å². The van der Waals surface area contributed by atoms with Crippen LogP contribution in [0.15, 0.2) is 18.2 Å². The topological polar surface area (TPSA) is 35.5 Å². The molecule has 0 radical (unpaired) electrons. The predicted octanol–water partition coefficient (Wildman–Crippen LogP) is 3.23. The average Bonchev–Trinajstić information content (AvgIpc) is 2.42. The van der Waals surface area contributed by atoms with Crippen molar-refractivity contribution in [1.29, 1.82) is 0 Å². The third-order valence-electron chi connectivity index (χ3n) is 4.18. The number of carbonyl (C=O) groups is 1. The second-order valence-electron chi connectivity index (χ2n) is 5.87. The van der Waals surface area contributed by atoms with E-state index in [4.69, 9.17) is 9.47 Å². The van der Waals surface area contributed by atoms with Crippen molar-refractivity contribution in [3.8, 4) is 0 Å². The maximum Gasteiger partial charge on any atom is 0.308 e. The standard InChI is InChI=1S/C17H23O3.W/c1-13-6-4-5-7-14(13)12-16(18)20-17(2)10-8-15(19-3)9-11-17;/h4-6,15H,8-12H2,1-3H3;/q-1;. The number of ether oxygens (including phenoxy) is 2. The van der Waals surface area contributed by atoms with Gasteiger partial charge < -0.3 is 9.47 Å². The quantitative estimate of drug-likeness (QED) is 0.513. The fourth-order valence-corrected chi connectivity index (χ4v) is 2.74. The van der Waals surface area contributed by atoms with Crippen molar-refractivity contribution < 1.29 is 35.3 Å². The average molecular weight is 459 g/mol. The number of hydrogen-bond donors (Lipinski definition) is 0. The summed E-state index contributed by atoms with van der Waals surface area (Å²) in [6, 6.07) is 8.87. The molecule has 0 heterocycles. The Morgan fingerprint density at radius 3 is 2.67 bits per heavy atom. The maximum absolute atomic E-state index is 12.1. The van der Waals surface area contributed by atoms with Gasteiger partial charge in [0, 0.05) is 34.6 Å². The van der Waals surface area contributed by atoms with Gasteiger partial charge in [-0.2, -0.15) is 29.8 Å². The van der Waals surface area contributed by atoms with Gasteiger partial charge in [-0.3, -0.25) is 4.79 Å². The van der Waals surface area contributed by atoms with Crippen LogP contribution in [-0.2, 0) is 41.8 Å². The molecule has 3 nitrogen and oxygen atoms in total. The molecule has 1 aliphatic carbocycles. The number of methoxy groups -OCH3 is 1. The molecule has 0 bridgehead atoms.